The Labute approximate surface area is 351 Å². The van der Waals surface area contributed by atoms with Gasteiger partial charge in [-0.05, 0) is 161 Å². The maximum atomic E-state index is 6.62. The van der Waals surface area contributed by atoms with Crippen molar-refractivity contribution in [3.8, 4) is 11.1 Å². The Morgan fingerprint density at radius 3 is 2.14 bits per heavy atom. The summed E-state index contributed by atoms with van der Waals surface area (Å²) in [7, 11) is 0. The van der Waals surface area contributed by atoms with Crippen LogP contribution in [0.4, 0.5) is 0 Å². The summed E-state index contributed by atoms with van der Waals surface area (Å²) in [5.74, 6) is 1.78. The molecule has 5 aromatic carbocycles. The van der Waals surface area contributed by atoms with E-state index in [0.717, 1.165) is 88.0 Å². The van der Waals surface area contributed by atoms with Gasteiger partial charge in [-0.15, -0.1) is 0 Å². The van der Waals surface area contributed by atoms with E-state index in [2.05, 4.69) is 185 Å². The van der Waals surface area contributed by atoms with E-state index in [4.69, 9.17) is 9.15 Å². The van der Waals surface area contributed by atoms with E-state index in [-0.39, 0.29) is 0 Å². The Balaban J connectivity index is 1.22. The summed E-state index contributed by atoms with van der Waals surface area (Å²) >= 11 is 0. The number of hydrogen-bond acceptors (Lipinski definition) is 2. The summed E-state index contributed by atoms with van der Waals surface area (Å²) in [4.78, 5) is 0. The minimum Gasteiger partial charge on any atom is -0.494 e. The molecule has 0 fully saturated rings. The number of furan rings is 1. The van der Waals surface area contributed by atoms with Crippen LogP contribution in [-0.2, 0) is 17.6 Å². The van der Waals surface area contributed by atoms with Crippen LogP contribution in [-0.4, -0.2) is 6.61 Å². The number of hydrogen-bond donors (Lipinski definition) is 0. The predicted molar refractivity (Wildman–Crippen MR) is 253 cm³/mol. The van der Waals surface area contributed by atoms with Crippen LogP contribution in [0, 0.1) is 6.92 Å². The molecule has 0 bridgehead atoms. The second-order valence-corrected chi connectivity index (χ2v) is 15.0. The van der Waals surface area contributed by atoms with Crippen LogP contribution in [0.1, 0.15) is 72.3 Å². The number of ether oxygens (including phenoxy) is 1. The highest BCUT2D eigenvalue weighted by molar-refractivity contribution is 5.92. The average Bonchev–Trinajstić information content (AvgIpc) is 3.61. The minimum atomic E-state index is 0.560. The van der Waals surface area contributed by atoms with Crippen LogP contribution in [0.25, 0.3) is 44.4 Å². The smallest absolute Gasteiger partial charge is 0.134 e. The molecule has 1 aliphatic rings. The highest BCUT2D eigenvalue weighted by Gasteiger charge is 2.16. The Morgan fingerprint density at radius 2 is 1.44 bits per heavy atom. The van der Waals surface area contributed by atoms with Crippen molar-refractivity contribution < 1.29 is 9.15 Å². The zero-order valence-corrected chi connectivity index (χ0v) is 34.7. The number of aryl methyl sites for hydroxylation is 2. The largest absolute Gasteiger partial charge is 0.494 e. The lowest BCUT2D eigenvalue weighted by Gasteiger charge is -2.15. The number of allylic oxidation sites excluding steroid dienone is 13. The minimum absolute atomic E-state index is 0.560. The number of benzene rings is 5. The topological polar surface area (TPSA) is 22.4 Å². The molecule has 0 amide bonds. The molecule has 0 spiro atoms. The van der Waals surface area contributed by atoms with Gasteiger partial charge < -0.3 is 9.15 Å². The molecule has 6 aromatic rings. The fourth-order valence-electron chi connectivity index (χ4n) is 7.79. The van der Waals surface area contributed by atoms with E-state index in [9.17, 15) is 0 Å². The molecule has 0 unspecified atom stereocenters. The first-order chi connectivity index (χ1) is 28.9. The third kappa shape index (κ3) is 10.1. The van der Waals surface area contributed by atoms with Crippen molar-refractivity contribution in [1.29, 1.82) is 0 Å². The van der Waals surface area contributed by atoms with E-state index < -0.39 is 0 Å². The van der Waals surface area contributed by atoms with Crippen molar-refractivity contribution in [3.05, 3.63) is 240 Å². The van der Waals surface area contributed by atoms with Crippen LogP contribution >= 0.6 is 0 Å². The molecule has 59 heavy (non-hydrogen) atoms. The first-order valence-electron chi connectivity index (χ1n) is 20.8. The summed E-state index contributed by atoms with van der Waals surface area (Å²) in [5, 5.41) is 1.12. The van der Waals surface area contributed by atoms with Crippen molar-refractivity contribution in [2.45, 2.75) is 52.9 Å². The molecule has 0 radical (unpaired) electrons. The van der Waals surface area contributed by atoms with Gasteiger partial charge in [0.1, 0.15) is 17.1 Å². The van der Waals surface area contributed by atoms with Gasteiger partial charge in [-0.3, -0.25) is 0 Å². The van der Waals surface area contributed by atoms with Crippen LogP contribution in [0.2, 0.25) is 0 Å². The summed E-state index contributed by atoms with van der Waals surface area (Å²) in [6, 6.07) is 45.2. The Bertz CT molecular complexity index is 2600. The predicted octanol–water partition coefficient (Wildman–Crippen LogP) is 15.6. The van der Waals surface area contributed by atoms with Gasteiger partial charge in [0.25, 0.3) is 0 Å². The van der Waals surface area contributed by atoms with Crippen LogP contribution < -0.4 is 0 Å². The van der Waals surface area contributed by atoms with Crippen LogP contribution in [0.5, 0.6) is 0 Å². The van der Waals surface area contributed by atoms with Crippen molar-refractivity contribution in [3.63, 3.8) is 0 Å². The van der Waals surface area contributed by atoms with Gasteiger partial charge >= 0.3 is 0 Å². The Morgan fingerprint density at radius 1 is 0.712 bits per heavy atom. The molecular weight excluding hydrogens is 717 g/mol. The molecule has 1 aliphatic carbocycles. The molecule has 2 heteroatoms. The second-order valence-electron chi connectivity index (χ2n) is 15.0. The third-order valence-electron chi connectivity index (χ3n) is 11.0. The molecule has 1 heterocycles. The maximum absolute atomic E-state index is 6.62. The molecule has 2 nitrogen and oxygen atoms in total. The fourth-order valence-corrected chi connectivity index (χ4v) is 7.79. The average molecular weight is 771 g/mol. The fraction of sp³-hybridized carbons (Fsp3) is 0.158. The summed E-state index contributed by atoms with van der Waals surface area (Å²) < 4.78 is 12.8. The molecule has 0 saturated carbocycles. The monoisotopic (exact) mass is 770 g/mol. The second kappa shape index (κ2) is 19.7. The maximum Gasteiger partial charge on any atom is 0.134 e. The summed E-state index contributed by atoms with van der Waals surface area (Å²) in [6.45, 7) is 15.3. The standard InChI is InChI=1S/C57H54O2/c1-6-44(45-23-15-10-16-24-45)36-48(30-29-43-21-13-9-14-22-43)49-31-34-57-54(40-49)42(5)56(59-57)33-32-50(55(7-2)58-8-3)35-41(4)51-37-52(46-25-17-11-18-26-46)39-53(38-51)47-27-19-12-20-28-47/h6-7,9-11,13-19,21-28,30-31,34-40H,1-2,8,12,20,29,32-33H2,3-5H3/b41-35+,44-36+,48-30+,55-50+. The van der Waals surface area contributed by atoms with Gasteiger partial charge in [-0.25, -0.2) is 0 Å². The van der Waals surface area contributed by atoms with E-state index in [0.29, 0.717) is 6.61 Å². The van der Waals surface area contributed by atoms with Crippen molar-refractivity contribution >= 4 is 33.3 Å². The molecule has 0 aliphatic heterocycles. The lowest BCUT2D eigenvalue weighted by molar-refractivity contribution is 0.239. The highest BCUT2D eigenvalue weighted by Crippen LogP contribution is 2.35. The van der Waals surface area contributed by atoms with E-state index in [1.807, 2.05) is 25.1 Å². The number of fused-ring (bicyclic) bond motifs is 1. The van der Waals surface area contributed by atoms with Gasteiger partial charge in [-0.2, -0.15) is 0 Å². The first kappa shape index (κ1) is 40.6. The molecule has 0 atom stereocenters. The zero-order valence-electron chi connectivity index (χ0n) is 34.7. The summed E-state index contributed by atoms with van der Waals surface area (Å²) in [6.07, 6.45) is 21.9. The Kier molecular flexibility index (Phi) is 13.5. The SMILES string of the molecule is C=C/C(=C\C(=C/Cc1ccccc1)c1ccc2oc(CCC(/C=C(\C)c3cc(C4=CCCC=C4)cc(-c4ccccc4)c3)=C(/C=C)OCC)c(C)c2c1)c1ccccc1. The van der Waals surface area contributed by atoms with Gasteiger partial charge in [0.05, 0.1) is 6.61 Å². The number of rotatable bonds is 16. The van der Waals surface area contributed by atoms with Crippen molar-refractivity contribution in [2.24, 2.45) is 0 Å². The molecule has 0 N–H and O–H groups in total. The van der Waals surface area contributed by atoms with E-state index >= 15 is 0 Å². The van der Waals surface area contributed by atoms with Gasteiger partial charge in [0.2, 0.25) is 0 Å². The molecule has 0 saturated heterocycles. The van der Waals surface area contributed by atoms with E-state index in [1.54, 1.807) is 0 Å². The third-order valence-corrected chi connectivity index (χ3v) is 11.0. The van der Waals surface area contributed by atoms with Gasteiger partial charge in [-0.1, -0.05) is 147 Å². The molecular formula is C57H54O2. The normalized spacial score (nSPS) is 13.9. The quantitative estimate of drug-likeness (QED) is 0.0722. The Hall–Kier alpha value is -6.64. The van der Waals surface area contributed by atoms with Crippen molar-refractivity contribution in [2.75, 3.05) is 6.61 Å². The molecule has 294 valence electrons. The molecule has 7 rings (SSSR count). The van der Waals surface area contributed by atoms with E-state index in [1.165, 1.54) is 39.0 Å². The molecule has 1 aromatic heterocycles. The summed E-state index contributed by atoms with van der Waals surface area (Å²) in [5.41, 5.74) is 16.2. The zero-order chi connectivity index (χ0) is 41.0. The first-order valence-corrected chi connectivity index (χ1v) is 20.8. The highest BCUT2D eigenvalue weighted by atomic mass is 16.5. The van der Waals surface area contributed by atoms with Crippen molar-refractivity contribution in [1.82, 2.24) is 0 Å². The van der Waals surface area contributed by atoms with Gasteiger partial charge in [0, 0.05) is 11.8 Å². The van der Waals surface area contributed by atoms with Crippen LogP contribution in [0.3, 0.4) is 0 Å². The lowest BCUT2D eigenvalue weighted by atomic mass is 9.91. The van der Waals surface area contributed by atoms with Crippen LogP contribution in [0.15, 0.2) is 205 Å². The van der Waals surface area contributed by atoms with Gasteiger partial charge in [0.15, 0.2) is 0 Å². The lowest BCUT2D eigenvalue weighted by Crippen LogP contribution is -1.98.